The SMILES string of the molecule is CN(C(=O)C1CCCCC1N)C1CCOC1. The molecule has 0 radical (unpaired) electrons. The summed E-state index contributed by atoms with van der Waals surface area (Å²) >= 11 is 0. The zero-order valence-corrected chi connectivity index (χ0v) is 10.0. The molecule has 3 unspecified atom stereocenters. The molecule has 1 saturated carbocycles. The number of carbonyl (C=O) groups is 1. The van der Waals surface area contributed by atoms with Gasteiger partial charge < -0.3 is 15.4 Å². The smallest absolute Gasteiger partial charge is 0.227 e. The van der Waals surface area contributed by atoms with E-state index in [1.807, 2.05) is 11.9 Å². The average molecular weight is 226 g/mol. The molecule has 0 aromatic heterocycles. The number of ether oxygens (including phenoxy) is 1. The van der Waals surface area contributed by atoms with Crippen molar-refractivity contribution in [2.45, 2.75) is 44.2 Å². The summed E-state index contributed by atoms with van der Waals surface area (Å²) in [4.78, 5) is 14.1. The van der Waals surface area contributed by atoms with Crippen LogP contribution in [0, 0.1) is 5.92 Å². The first-order valence-electron chi connectivity index (χ1n) is 6.30. The molecule has 1 amide bonds. The monoisotopic (exact) mass is 226 g/mol. The Morgan fingerprint density at radius 3 is 2.69 bits per heavy atom. The van der Waals surface area contributed by atoms with Gasteiger partial charge in [0, 0.05) is 19.7 Å². The van der Waals surface area contributed by atoms with E-state index in [9.17, 15) is 4.79 Å². The van der Waals surface area contributed by atoms with Gasteiger partial charge in [-0.3, -0.25) is 4.79 Å². The van der Waals surface area contributed by atoms with Crippen molar-refractivity contribution in [2.75, 3.05) is 20.3 Å². The number of nitrogens with zero attached hydrogens (tertiary/aromatic N) is 1. The molecule has 1 aliphatic heterocycles. The van der Waals surface area contributed by atoms with Gasteiger partial charge in [-0.15, -0.1) is 0 Å². The van der Waals surface area contributed by atoms with Crippen molar-refractivity contribution in [1.29, 1.82) is 0 Å². The van der Waals surface area contributed by atoms with E-state index in [0.29, 0.717) is 6.61 Å². The molecule has 2 N–H and O–H groups in total. The predicted molar refractivity (Wildman–Crippen MR) is 61.9 cm³/mol. The first kappa shape index (κ1) is 11.9. The van der Waals surface area contributed by atoms with Crippen LogP contribution in [0.5, 0.6) is 0 Å². The molecular weight excluding hydrogens is 204 g/mol. The Bertz CT molecular complexity index is 251. The van der Waals surface area contributed by atoms with Crippen molar-refractivity contribution in [3.05, 3.63) is 0 Å². The number of amides is 1. The molecule has 0 aromatic rings. The molecule has 0 spiro atoms. The maximum atomic E-state index is 12.3. The molecule has 2 rings (SSSR count). The largest absolute Gasteiger partial charge is 0.379 e. The van der Waals surface area contributed by atoms with Gasteiger partial charge in [0.15, 0.2) is 0 Å². The fourth-order valence-electron chi connectivity index (χ4n) is 2.74. The van der Waals surface area contributed by atoms with E-state index in [4.69, 9.17) is 10.5 Å². The van der Waals surface area contributed by atoms with Crippen molar-refractivity contribution < 1.29 is 9.53 Å². The molecule has 16 heavy (non-hydrogen) atoms. The van der Waals surface area contributed by atoms with E-state index < -0.39 is 0 Å². The third-order valence-electron chi connectivity index (χ3n) is 3.94. The van der Waals surface area contributed by atoms with Crippen molar-refractivity contribution in [3.8, 4) is 0 Å². The van der Waals surface area contributed by atoms with Gasteiger partial charge in [0.25, 0.3) is 0 Å². The van der Waals surface area contributed by atoms with Crippen molar-refractivity contribution in [3.63, 3.8) is 0 Å². The van der Waals surface area contributed by atoms with Crippen LogP contribution in [0.25, 0.3) is 0 Å². The minimum Gasteiger partial charge on any atom is -0.379 e. The summed E-state index contributed by atoms with van der Waals surface area (Å²) in [5.41, 5.74) is 6.04. The highest BCUT2D eigenvalue weighted by atomic mass is 16.5. The van der Waals surface area contributed by atoms with E-state index in [-0.39, 0.29) is 23.9 Å². The van der Waals surface area contributed by atoms with Gasteiger partial charge in [0.1, 0.15) is 0 Å². The van der Waals surface area contributed by atoms with E-state index in [1.54, 1.807) is 0 Å². The Labute approximate surface area is 97.1 Å². The molecule has 3 atom stereocenters. The molecule has 92 valence electrons. The van der Waals surface area contributed by atoms with Gasteiger partial charge in [-0.05, 0) is 19.3 Å². The summed E-state index contributed by atoms with van der Waals surface area (Å²) in [6, 6.07) is 0.327. The Morgan fingerprint density at radius 1 is 1.31 bits per heavy atom. The summed E-state index contributed by atoms with van der Waals surface area (Å²) < 4.78 is 5.32. The van der Waals surface area contributed by atoms with E-state index in [2.05, 4.69) is 0 Å². The lowest BCUT2D eigenvalue weighted by Crippen LogP contribution is -2.47. The third-order valence-corrected chi connectivity index (χ3v) is 3.94. The normalized spacial score (nSPS) is 35.0. The van der Waals surface area contributed by atoms with E-state index in [1.165, 1.54) is 6.42 Å². The molecule has 1 saturated heterocycles. The first-order valence-corrected chi connectivity index (χ1v) is 6.30. The Hall–Kier alpha value is -0.610. The van der Waals surface area contributed by atoms with Gasteiger partial charge in [-0.25, -0.2) is 0 Å². The molecule has 0 aromatic carbocycles. The second-order valence-corrected chi connectivity index (χ2v) is 5.02. The number of likely N-dealkylation sites (N-methyl/N-ethyl adjacent to an activating group) is 1. The predicted octanol–water partition coefficient (Wildman–Crippen LogP) is 0.751. The first-order chi connectivity index (χ1) is 7.70. The molecule has 1 heterocycles. The van der Waals surface area contributed by atoms with Crippen LogP contribution in [0.3, 0.4) is 0 Å². The Kier molecular flexibility index (Phi) is 3.82. The maximum Gasteiger partial charge on any atom is 0.227 e. The Morgan fingerprint density at radius 2 is 2.06 bits per heavy atom. The average Bonchev–Trinajstić information content (AvgIpc) is 2.81. The van der Waals surface area contributed by atoms with Crippen LogP contribution in [-0.2, 0) is 9.53 Å². The molecule has 2 fully saturated rings. The van der Waals surface area contributed by atoms with Crippen molar-refractivity contribution in [1.82, 2.24) is 4.90 Å². The lowest BCUT2D eigenvalue weighted by molar-refractivity contribution is -0.137. The fraction of sp³-hybridized carbons (Fsp3) is 0.917. The molecule has 0 bridgehead atoms. The second-order valence-electron chi connectivity index (χ2n) is 5.02. The quantitative estimate of drug-likeness (QED) is 0.756. The summed E-state index contributed by atoms with van der Waals surface area (Å²) in [7, 11) is 1.89. The van der Waals surface area contributed by atoms with Gasteiger partial charge in [0.2, 0.25) is 5.91 Å². The van der Waals surface area contributed by atoms with Gasteiger partial charge in [-0.1, -0.05) is 12.8 Å². The maximum absolute atomic E-state index is 12.3. The number of hydrogen-bond donors (Lipinski definition) is 1. The zero-order valence-electron chi connectivity index (χ0n) is 10.0. The summed E-state index contributed by atoms with van der Waals surface area (Å²) in [6.45, 7) is 1.46. The number of nitrogens with two attached hydrogens (primary N) is 1. The molecule has 2 aliphatic rings. The standard InChI is InChI=1S/C12H22N2O2/c1-14(9-6-7-16-8-9)12(15)10-4-2-3-5-11(10)13/h9-11H,2-8,13H2,1H3. The fourth-order valence-corrected chi connectivity index (χ4v) is 2.74. The van der Waals surface area contributed by atoms with Crippen LogP contribution in [-0.4, -0.2) is 43.2 Å². The minimum atomic E-state index is 0.0411. The number of rotatable bonds is 2. The van der Waals surface area contributed by atoms with Crippen molar-refractivity contribution in [2.24, 2.45) is 11.7 Å². The summed E-state index contributed by atoms with van der Waals surface area (Å²) in [5.74, 6) is 0.266. The van der Waals surface area contributed by atoms with E-state index in [0.717, 1.165) is 32.3 Å². The molecule has 4 nitrogen and oxygen atoms in total. The third kappa shape index (κ3) is 2.38. The highest BCUT2D eigenvalue weighted by Crippen LogP contribution is 2.26. The van der Waals surface area contributed by atoms with Gasteiger partial charge in [0.05, 0.1) is 18.6 Å². The zero-order chi connectivity index (χ0) is 11.5. The van der Waals surface area contributed by atoms with Crippen LogP contribution in [0.4, 0.5) is 0 Å². The molecular formula is C12H22N2O2. The van der Waals surface area contributed by atoms with Gasteiger partial charge in [-0.2, -0.15) is 0 Å². The number of carbonyl (C=O) groups excluding carboxylic acids is 1. The number of hydrogen-bond acceptors (Lipinski definition) is 3. The lowest BCUT2D eigenvalue weighted by atomic mass is 9.84. The summed E-state index contributed by atoms with van der Waals surface area (Å²) in [5, 5.41) is 0. The lowest BCUT2D eigenvalue weighted by Gasteiger charge is -2.33. The van der Waals surface area contributed by atoms with Crippen LogP contribution in [0.15, 0.2) is 0 Å². The highest BCUT2D eigenvalue weighted by molar-refractivity contribution is 5.79. The topological polar surface area (TPSA) is 55.6 Å². The van der Waals surface area contributed by atoms with Crippen LogP contribution in [0.1, 0.15) is 32.1 Å². The van der Waals surface area contributed by atoms with Crippen LogP contribution < -0.4 is 5.73 Å². The van der Waals surface area contributed by atoms with Gasteiger partial charge >= 0.3 is 0 Å². The summed E-state index contributed by atoms with van der Waals surface area (Å²) in [6.07, 6.45) is 5.22. The highest BCUT2D eigenvalue weighted by Gasteiger charge is 2.33. The minimum absolute atomic E-state index is 0.0411. The van der Waals surface area contributed by atoms with Crippen LogP contribution >= 0.6 is 0 Å². The van der Waals surface area contributed by atoms with Crippen molar-refractivity contribution >= 4 is 5.91 Å². The van der Waals surface area contributed by atoms with Crippen LogP contribution in [0.2, 0.25) is 0 Å². The Balaban J connectivity index is 1.94. The van der Waals surface area contributed by atoms with E-state index >= 15 is 0 Å². The molecule has 1 aliphatic carbocycles. The molecule has 4 heteroatoms. The second kappa shape index (κ2) is 5.15.